The van der Waals surface area contributed by atoms with Crippen molar-refractivity contribution in [2.75, 3.05) is 7.05 Å². The maximum atomic E-state index is 11.2. The van der Waals surface area contributed by atoms with Crippen LogP contribution in [-0.2, 0) is 9.59 Å². The van der Waals surface area contributed by atoms with Crippen molar-refractivity contribution in [2.45, 2.75) is 26.8 Å². The van der Waals surface area contributed by atoms with E-state index in [4.69, 9.17) is 0 Å². The van der Waals surface area contributed by atoms with Crippen molar-refractivity contribution in [1.82, 2.24) is 10.6 Å². The zero-order chi connectivity index (χ0) is 9.78. The van der Waals surface area contributed by atoms with Gasteiger partial charge < -0.3 is 10.6 Å². The van der Waals surface area contributed by atoms with Crippen LogP contribution in [-0.4, -0.2) is 25.4 Å². The van der Waals surface area contributed by atoms with E-state index >= 15 is 0 Å². The summed E-state index contributed by atoms with van der Waals surface area (Å²) in [5.41, 5.74) is -0.263. The SMILES string of the molecule is CNC(=O)[C@@H](NC=O)C(C)(C)C. The zero-order valence-electron chi connectivity index (χ0n) is 7.97. The van der Waals surface area contributed by atoms with Crippen LogP contribution in [0.4, 0.5) is 0 Å². The fraction of sp³-hybridized carbons (Fsp3) is 0.750. The fourth-order valence-corrected chi connectivity index (χ4v) is 0.931. The monoisotopic (exact) mass is 172 g/mol. The molecular weight excluding hydrogens is 156 g/mol. The van der Waals surface area contributed by atoms with Gasteiger partial charge in [0.1, 0.15) is 6.04 Å². The van der Waals surface area contributed by atoms with Gasteiger partial charge in [0.05, 0.1) is 0 Å². The van der Waals surface area contributed by atoms with Gasteiger partial charge >= 0.3 is 0 Å². The van der Waals surface area contributed by atoms with Crippen LogP contribution in [0.15, 0.2) is 0 Å². The summed E-state index contributed by atoms with van der Waals surface area (Å²) in [5.74, 6) is -0.172. The maximum Gasteiger partial charge on any atom is 0.242 e. The molecule has 0 aromatic heterocycles. The second kappa shape index (κ2) is 4.09. The molecule has 0 saturated heterocycles. The van der Waals surface area contributed by atoms with E-state index in [0.717, 1.165) is 0 Å². The lowest BCUT2D eigenvalue weighted by Crippen LogP contribution is -2.50. The molecule has 0 rings (SSSR count). The third-order valence-corrected chi connectivity index (χ3v) is 1.61. The van der Waals surface area contributed by atoms with Gasteiger partial charge in [-0.2, -0.15) is 0 Å². The predicted molar refractivity (Wildman–Crippen MR) is 46.5 cm³/mol. The van der Waals surface area contributed by atoms with Crippen LogP contribution < -0.4 is 10.6 Å². The highest BCUT2D eigenvalue weighted by Crippen LogP contribution is 2.18. The first-order valence-electron chi connectivity index (χ1n) is 3.84. The topological polar surface area (TPSA) is 58.2 Å². The molecule has 0 radical (unpaired) electrons. The van der Waals surface area contributed by atoms with Gasteiger partial charge in [0.25, 0.3) is 0 Å². The molecule has 2 amide bonds. The quantitative estimate of drug-likeness (QED) is 0.584. The van der Waals surface area contributed by atoms with Crippen LogP contribution in [0.25, 0.3) is 0 Å². The minimum absolute atomic E-state index is 0.172. The minimum atomic E-state index is -0.472. The molecule has 0 aromatic carbocycles. The van der Waals surface area contributed by atoms with Gasteiger partial charge in [-0.15, -0.1) is 0 Å². The molecule has 0 bridgehead atoms. The van der Waals surface area contributed by atoms with Gasteiger partial charge in [0.2, 0.25) is 12.3 Å². The highest BCUT2D eigenvalue weighted by atomic mass is 16.2. The number of carbonyl (C=O) groups excluding carboxylic acids is 2. The van der Waals surface area contributed by atoms with Gasteiger partial charge in [-0.25, -0.2) is 0 Å². The summed E-state index contributed by atoms with van der Waals surface area (Å²) in [7, 11) is 1.55. The van der Waals surface area contributed by atoms with Crippen LogP contribution in [0, 0.1) is 5.41 Å². The number of likely N-dealkylation sites (N-methyl/N-ethyl adjacent to an activating group) is 1. The first kappa shape index (κ1) is 10.9. The number of nitrogens with one attached hydrogen (secondary N) is 2. The average molecular weight is 172 g/mol. The first-order valence-corrected chi connectivity index (χ1v) is 3.84. The summed E-state index contributed by atoms with van der Waals surface area (Å²) in [6.07, 6.45) is 0.547. The number of hydrogen-bond donors (Lipinski definition) is 2. The van der Waals surface area contributed by atoms with E-state index < -0.39 is 6.04 Å². The fourth-order valence-electron chi connectivity index (χ4n) is 0.931. The highest BCUT2D eigenvalue weighted by Gasteiger charge is 2.29. The molecule has 0 aliphatic carbocycles. The summed E-state index contributed by atoms with van der Waals surface area (Å²) in [5, 5.41) is 4.98. The predicted octanol–water partition coefficient (Wildman–Crippen LogP) is -0.107. The molecule has 12 heavy (non-hydrogen) atoms. The molecule has 0 aromatic rings. The second-order valence-electron chi connectivity index (χ2n) is 3.70. The molecule has 1 atom stereocenters. The van der Waals surface area contributed by atoms with Crippen molar-refractivity contribution >= 4 is 12.3 Å². The Morgan fingerprint density at radius 3 is 2.17 bits per heavy atom. The van der Waals surface area contributed by atoms with Gasteiger partial charge in [-0.1, -0.05) is 20.8 Å². The van der Waals surface area contributed by atoms with Gasteiger partial charge in [0.15, 0.2) is 0 Å². The third kappa shape index (κ3) is 2.90. The molecular formula is C8H16N2O2. The molecule has 70 valence electrons. The van der Waals surface area contributed by atoms with Crippen LogP contribution >= 0.6 is 0 Å². The summed E-state index contributed by atoms with van der Waals surface area (Å²) in [4.78, 5) is 21.4. The van der Waals surface area contributed by atoms with Crippen LogP contribution in [0.1, 0.15) is 20.8 Å². The summed E-state index contributed by atoms with van der Waals surface area (Å²) < 4.78 is 0. The zero-order valence-corrected chi connectivity index (χ0v) is 7.97. The van der Waals surface area contributed by atoms with Crippen molar-refractivity contribution in [2.24, 2.45) is 5.41 Å². The van der Waals surface area contributed by atoms with Crippen LogP contribution in [0.2, 0.25) is 0 Å². The highest BCUT2D eigenvalue weighted by molar-refractivity contribution is 5.84. The van der Waals surface area contributed by atoms with Crippen molar-refractivity contribution in [1.29, 1.82) is 0 Å². The number of amides is 2. The lowest BCUT2D eigenvalue weighted by atomic mass is 9.86. The standard InChI is InChI=1S/C8H16N2O2/c1-8(2,3)6(10-5-11)7(12)9-4/h5-6H,1-4H3,(H,9,12)(H,10,11)/t6-/m1/s1. The van der Waals surface area contributed by atoms with E-state index in [9.17, 15) is 9.59 Å². The largest absolute Gasteiger partial charge is 0.357 e. The van der Waals surface area contributed by atoms with E-state index in [2.05, 4.69) is 10.6 Å². The van der Waals surface area contributed by atoms with E-state index in [1.807, 2.05) is 20.8 Å². The number of carbonyl (C=O) groups is 2. The Bertz CT molecular complexity index is 172. The van der Waals surface area contributed by atoms with E-state index in [0.29, 0.717) is 6.41 Å². The molecule has 0 fully saturated rings. The molecule has 4 nitrogen and oxygen atoms in total. The maximum absolute atomic E-state index is 11.2. The Labute approximate surface area is 72.7 Å². The van der Waals surface area contributed by atoms with Gasteiger partial charge in [0, 0.05) is 7.05 Å². The molecule has 0 aliphatic heterocycles. The Morgan fingerprint density at radius 1 is 1.42 bits per heavy atom. The molecule has 0 unspecified atom stereocenters. The van der Waals surface area contributed by atoms with Gasteiger partial charge in [-0.3, -0.25) is 9.59 Å². The first-order chi connectivity index (χ1) is 5.43. The second-order valence-corrected chi connectivity index (χ2v) is 3.70. The minimum Gasteiger partial charge on any atom is -0.357 e. The molecule has 0 heterocycles. The van der Waals surface area contributed by atoms with Crippen molar-refractivity contribution in [3.05, 3.63) is 0 Å². The van der Waals surface area contributed by atoms with Crippen LogP contribution in [0.5, 0.6) is 0 Å². The Hall–Kier alpha value is -1.06. The third-order valence-electron chi connectivity index (χ3n) is 1.61. The van der Waals surface area contributed by atoms with E-state index in [1.54, 1.807) is 7.05 Å². The Kier molecular flexibility index (Phi) is 3.73. The summed E-state index contributed by atoms with van der Waals surface area (Å²) in [6, 6.07) is -0.472. The summed E-state index contributed by atoms with van der Waals surface area (Å²) >= 11 is 0. The molecule has 0 spiro atoms. The lowest BCUT2D eigenvalue weighted by Gasteiger charge is -2.28. The molecule has 4 heteroatoms. The number of rotatable bonds is 3. The van der Waals surface area contributed by atoms with Crippen LogP contribution in [0.3, 0.4) is 0 Å². The normalized spacial score (nSPS) is 13.3. The lowest BCUT2D eigenvalue weighted by molar-refractivity contribution is -0.127. The Balaban J connectivity index is 4.43. The smallest absolute Gasteiger partial charge is 0.242 e. The molecule has 0 saturated carbocycles. The average Bonchev–Trinajstić information content (AvgIpc) is 1.96. The van der Waals surface area contributed by atoms with Crippen molar-refractivity contribution in [3.8, 4) is 0 Å². The van der Waals surface area contributed by atoms with E-state index in [-0.39, 0.29) is 11.3 Å². The van der Waals surface area contributed by atoms with E-state index in [1.165, 1.54) is 0 Å². The van der Waals surface area contributed by atoms with Gasteiger partial charge in [-0.05, 0) is 5.41 Å². The molecule has 0 aliphatic rings. The molecule has 2 N–H and O–H groups in total. The van der Waals surface area contributed by atoms with Crippen molar-refractivity contribution < 1.29 is 9.59 Å². The number of hydrogen-bond acceptors (Lipinski definition) is 2. The summed E-state index contributed by atoms with van der Waals surface area (Å²) in [6.45, 7) is 5.68. The Morgan fingerprint density at radius 2 is 1.92 bits per heavy atom. The van der Waals surface area contributed by atoms with Crippen molar-refractivity contribution in [3.63, 3.8) is 0 Å².